The summed E-state index contributed by atoms with van der Waals surface area (Å²) >= 11 is 2.14. The summed E-state index contributed by atoms with van der Waals surface area (Å²) in [5.74, 6) is -4.66. The van der Waals surface area contributed by atoms with Gasteiger partial charge in [-0.1, -0.05) is 0 Å². The smallest absolute Gasteiger partial charge is 0.243 e. The van der Waals surface area contributed by atoms with E-state index in [0.29, 0.717) is 0 Å². The Morgan fingerprint density at radius 1 is 1.36 bits per heavy atom. The fourth-order valence-electron chi connectivity index (χ4n) is 0.565. The molecule has 0 amide bonds. The highest BCUT2D eigenvalue weighted by Gasteiger charge is 2.37. The second-order valence-corrected chi connectivity index (χ2v) is 3.02. The van der Waals surface area contributed by atoms with Crippen molar-refractivity contribution in [1.29, 1.82) is 0 Å². The van der Waals surface area contributed by atoms with Gasteiger partial charge in [0.15, 0.2) is 5.95 Å². The maximum Gasteiger partial charge on any atom is 0.243 e. The third kappa shape index (κ3) is 1.55. The maximum atomic E-state index is 12.7. The predicted molar refractivity (Wildman–Crippen MR) is 34.3 cm³/mol. The first-order valence-corrected chi connectivity index (χ1v) is 3.32. The molecule has 0 aromatic carbocycles. The predicted octanol–water partition coefficient (Wildman–Crippen LogP) is 2.57. The number of halogens is 5. The summed E-state index contributed by atoms with van der Waals surface area (Å²) in [6, 6.07) is 0. The van der Waals surface area contributed by atoms with E-state index < -0.39 is 22.3 Å². The van der Waals surface area contributed by atoms with Crippen molar-refractivity contribution in [1.82, 2.24) is 5.32 Å². The molecule has 0 aromatic rings. The van der Waals surface area contributed by atoms with E-state index in [1.54, 1.807) is 0 Å². The molecule has 0 aliphatic carbocycles. The van der Waals surface area contributed by atoms with Crippen molar-refractivity contribution in [2.24, 2.45) is 0 Å². The first kappa shape index (κ1) is 8.58. The zero-order chi connectivity index (χ0) is 8.65. The van der Waals surface area contributed by atoms with Crippen LogP contribution < -0.4 is 5.32 Å². The fourth-order valence-corrected chi connectivity index (χ4v) is 0.940. The molecule has 1 N–H and O–H groups in total. The van der Waals surface area contributed by atoms with Gasteiger partial charge in [-0.05, 0) is 15.9 Å². The van der Waals surface area contributed by atoms with E-state index in [1.807, 2.05) is 0 Å². The van der Waals surface area contributed by atoms with Gasteiger partial charge >= 0.3 is 0 Å². The van der Waals surface area contributed by atoms with Gasteiger partial charge in [-0.15, -0.1) is 0 Å². The highest BCUT2D eigenvalue weighted by Crippen LogP contribution is 2.37. The molecule has 1 nitrogen and oxygen atoms in total. The molecule has 1 rings (SSSR count). The van der Waals surface area contributed by atoms with Gasteiger partial charge in [-0.2, -0.15) is 8.78 Å². The van der Waals surface area contributed by atoms with E-state index in [-0.39, 0.29) is 6.08 Å². The molecular weight excluding hydrogens is 230 g/mol. The van der Waals surface area contributed by atoms with Crippen LogP contribution in [0, 0.1) is 0 Å². The van der Waals surface area contributed by atoms with Gasteiger partial charge in [0.1, 0.15) is 0 Å². The number of alkyl halides is 2. The van der Waals surface area contributed by atoms with Crippen LogP contribution in [0.5, 0.6) is 0 Å². The lowest BCUT2D eigenvalue weighted by Gasteiger charge is -2.17. The minimum atomic E-state index is -2.87. The standard InChI is InChI=1S/C5H2BrF4N/c6-5(10)1-2(7)11-4(9)3(5)8/h1,11H. The Kier molecular flexibility index (Phi) is 1.96. The Labute approximate surface area is 67.9 Å². The first-order valence-electron chi connectivity index (χ1n) is 2.52. The minimum Gasteiger partial charge on any atom is -0.306 e. The summed E-state index contributed by atoms with van der Waals surface area (Å²) in [5.41, 5.74) is 0. The summed E-state index contributed by atoms with van der Waals surface area (Å²) in [7, 11) is 0. The molecule has 1 heterocycles. The number of nitrogens with one attached hydrogen (secondary N) is 1. The molecule has 0 bridgehead atoms. The lowest BCUT2D eigenvalue weighted by molar-refractivity contribution is 0.304. The molecule has 0 saturated heterocycles. The van der Waals surface area contributed by atoms with Gasteiger partial charge in [0, 0.05) is 6.08 Å². The molecule has 6 heteroatoms. The molecule has 1 aliphatic rings. The van der Waals surface area contributed by atoms with Crippen LogP contribution in [0.15, 0.2) is 23.8 Å². The van der Waals surface area contributed by atoms with Crippen LogP contribution in [0.25, 0.3) is 0 Å². The number of allylic oxidation sites excluding steroid dienone is 2. The number of dihydropyridines is 1. The van der Waals surface area contributed by atoms with E-state index in [9.17, 15) is 17.6 Å². The van der Waals surface area contributed by atoms with Crippen LogP contribution in [0.4, 0.5) is 17.6 Å². The van der Waals surface area contributed by atoms with Crippen molar-refractivity contribution in [3.05, 3.63) is 23.8 Å². The average molecular weight is 232 g/mol. The van der Waals surface area contributed by atoms with E-state index in [0.717, 1.165) is 0 Å². The Bertz CT molecular complexity index is 245. The first-order chi connectivity index (χ1) is 4.93. The second kappa shape index (κ2) is 2.51. The third-order valence-corrected chi connectivity index (χ3v) is 1.60. The molecule has 0 radical (unpaired) electrons. The van der Waals surface area contributed by atoms with Crippen molar-refractivity contribution in [3.8, 4) is 0 Å². The van der Waals surface area contributed by atoms with Crippen LogP contribution >= 0.6 is 15.9 Å². The Morgan fingerprint density at radius 3 is 2.36 bits per heavy atom. The van der Waals surface area contributed by atoms with E-state index in [1.165, 1.54) is 5.32 Å². The normalized spacial score (nSPS) is 31.5. The van der Waals surface area contributed by atoms with Crippen LogP contribution in [-0.2, 0) is 0 Å². The van der Waals surface area contributed by atoms with Crippen molar-refractivity contribution in [2.45, 2.75) is 4.58 Å². The SMILES string of the molecule is FC1=CC(F)(Br)C(F)=C(F)N1. The Hall–Kier alpha value is -0.520. The third-order valence-electron chi connectivity index (χ3n) is 1.02. The minimum absolute atomic E-state index is 0.241. The van der Waals surface area contributed by atoms with Gasteiger partial charge in [-0.3, -0.25) is 0 Å². The number of hydrogen-bond donors (Lipinski definition) is 1. The van der Waals surface area contributed by atoms with Gasteiger partial charge < -0.3 is 5.32 Å². The fraction of sp³-hybridized carbons (Fsp3) is 0.200. The van der Waals surface area contributed by atoms with Crippen LogP contribution in [-0.4, -0.2) is 4.58 Å². The second-order valence-electron chi connectivity index (χ2n) is 1.87. The maximum absolute atomic E-state index is 12.7. The number of rotatable bonds is 0. The van der Waals surface area contributed by atoms with E-state index in [4.69, 9.17) is 0 Å². The molecule has 0 fully saturated rings. The largest absolute Gasteiger partial charge is 0.306 e. The molecule has 11 heavy (non-hydrogen) atoms. The zero-order valence-corrected chi connectivity index (χ0v) is 6.55. The summed E-state index contributed by atoms with van der Waals surface area (Å²) in [6.07, 6.45) is 0.241. The van der Waals surface area contributed by atoms with Gasteiger partial charge in [-0.25, -0.2) is 8.78 Å². The van der Waals surface area contributed by atoms with Gasteiger partial charge in [0.05, 0.1) is 0 Å². The van der Waals surface area contributed by atoms with E-state index in [2.05, 4.69) is 15.9 Å². The van der Waals surface area contributed by atoms with Crippen LogP contribution in [0.2, 0.25) is 0 Å². The zero-order valence-electron chi connectivity index (χ0n) is 4.97. The van der Waals surface area contributed by atoms with Crippen LogP contribution in [0.1, 0.15) is 0 Å². The molecule has 1 unspecified atom stereocenters. The Morgan fingerprint density at radius 2 is 1.91 bits per heavy atom. The highest BCUT2D eigenvalue weighted by molar-refractivity contribution is 9.10. The van der Waals surface area contributed by atoms with Crippen molar-refractivity contribution in [3.63, 3.8) is 0 Å². The monoisotopic (exact) mass is 231 g/mol. The molecule has 0 saturated carbocycles. The lowest BCUT2D eigenvalue weighted by Crippen LogP contribution is -2.24. The molecule has 1 aliphatic heterocycles. The highest BCUT2D eigenvalue weighted by atomic mass is 79.9. The molecule has 0 aromatic heterocycles. The number of hydrogen-bond acceptors (Lipinski definition) is 1. The molecule has 62 valence electrons. The summed E-state index contributed by atoms with van der Waals surface area (Å²) in [6.45, 7) is 0. The topological polar surface area (TPSA) is 12.0 Å². The van der Waals surface area contributed by atoms with Crippen LogP contribution in [0.3, 0.4) is 0 Å². The Balaban J connectivity index is 3.04. The lowest BCUT2D eigenvalue weighted by atomic mass is 10.3. The van der Waals surface area contributed by atoms with Crippen molar-refractivity contribution in [2.75, 3.05) is 0 Å². The summed E-state index contributed by atoms with van der Waals surface area (Å²) in [4.78, 5) is 0. The van der Waals surface area contributed by atoms with Crippen molar-refractivity contribution >= 4 is 15.9 Å². The quantitative estimate of drug-likeness (QED) is 0.384. The van der Waals surface area contributed by atoms with Gasteiger partial charge in [0.25, 0.3) is 0 Å². The molecule has 0 spiro atoms. The average Bonchev–Trinajstić information content (AvgIpc) is 1.81. The van der Waals surface area contributed by atoms with Crippen molar-refractivity contribution < 1.29 is 17.6 Å². The van der Waals surface area contributed by atoms with E-state index >= 15 is 0 Å². The van der Waals surface area contributed by atoms with Gasteiger partial charge in [0.2, 0.25) is 16.4 Å². The molecular formula is C5H2BrF4N. The summed E-state index contributed by atoms with van der Waals surface area (Å²) < 4.78 is 46.4. The summed E-state index contributed by atoms with van der Waals surface area (Å²) in [5, 5.41) is 1.35. The molecule has 1 atom stereocenters.